The lowest BCUT2D eigenvalue weighted by Gasteiger charge is -2.18. The van der Waals surface area contributed by atoms with E-state index in [1.807, 2.05) is 6.07 Å². The van der Waals surface area contributed by atoms with Crippen LogP contribution >= 0.6 is 34.0 Å². The summed E-state index contributed by atoms with van der Waals surface area (Å²) in [6, 6.07) is 4.82. The van der Waals surface area contributed by atoms with Gasteiger partial charge in [-0.2, -0.15) is 13.0 Å². The minimum Gasteiger partial charge on any atom is -0.480 e. The van der Waals surface area contributed by atoms with Gasteiger partial charge in [-0.05, 0) is 17.9 Å². The SMILES string of the molecule is O=C(O)Cn1c(=Cc2sc3ccsc3[n+]2CC(=O)O)sc(=CC(F)=C2Oc3cc4c(cc3N2CCCS(=O)(=O)O)OCO4)c1=O. The molecule has 0 unspecified atom stereocenters. The van der Waals surface area contributed by atoms with E-state index in [2.05, 4.69) is 0 Å². The lowest BCUT2D eigenvalue weighted by Crippen LogP contribution is -2.39. The fraction of sp³-hybridized carbons (Fsp3) is 0.231. The predicted octanol–water partition coefficient (Wildman–Crippen LogP) is 1.30. The number of thiazole rings is 2. The van der Waals surface area contributed by atoms with Crippen molar-refractivity contribution in [2.75, 3.05) is 24.0 Å². The van der Waals surface area contributed by atoms with Crippen molar-refractivity contribution in [3.8, 4) is 17.2 Å². The average Bonchev–Trinajstić information content (AvgIpc) is 3.76. The summed E-state index contributed by atoms with van der Waals surface area (Å²) >= 11 is 3.38. The molecule has 236 valence electrons. The first-order valence-electron chi connectivity index (χ1n) is 12.9. The number of nitrogens with zero attached hydrogens (tertiary/aromatic N) is 3. The van der Waals surface area contributed by atoms with Crippen molar-refractivity contribution < 1.29 is 55.9 Å². The molecule has 0 saturated carbocycles. The van der Waals surface area contributed by atoms with E-state index >= 15 is 4.39 Å². The first-order chi connectivity index (χ1) is 21.4. The Hall–Kier alpha value is -4.30. The first kappa shape index (κ1) is 30.7. The maximum Gasteiger partial charge on any atom is 0.370 e. The molecule has 0 amide bonds. The molecule has 1 aromatic carbocycles. The molecular weight excluding hydrogens is 678 g/mol. The Balaban J connectivity index is 1.46. The van der Waals surface area contributed by atoms with E-state index in [1.54, 1.807) is 5.38 Å². The molecule has 0 fully saturated rings. The van der Waals surface area contributed by atoms with Gasteiger partial charge >= 0.3 is 11.9 Å². The van der Waals surface area contributed by atoms with Crippen LogP contribution in [0.15, 0.2) is 40.1 Å². The third-order valence-electron chi connectivity index (χ3n) is 6.55. The normalized spacial score (nSPS) is 16.0. The van der Waals surface area contributed by atoms with Crippen LogP contribution in [0, 0.1) is 0 Å². The molecule has 45 heavy (non-hydrogen) atoms. The molecule has 0 aliphatic carbocycles. The molecule has 0 saturated heterocycles. The summed E-state index contributed by atoms with van der Waals surface area (Å²) in [5.74, 6) is -3.54. The van der Waals surface area contributed by atoms with Crippen LogP contribution in [0.4, 0.5) is 10.1 Å². The smallest absolute Gasteiger partial charge is 0.370 e. The highest BCUT2D eigenvalue weighted by molar-refractivity contribution is 7.85. The zero-order chi connectivity index (χ0) is 32.0. The number of carboxylic acid groups (broad SMARTS) is 2. The van der Waals surface area contributed by atoms with Crippen LogP contribution in [-0.4, -0.2) is 58.8 Å². The second-order valence-corrected chi connectivity index (χ2v) is 14.2. The molecule has 2 aliphatic rings. The Kier molecular flexibility index (Phi) is 8.12. The number of ether oxygens (including phenoxy) is 3. The summed E-state index contributed by atoms with van der Waals surface area (Å²) < 4.78 is 67.6. The molecule has 4 aromatic rings. The molecule has 5 heterocycles. The van der Waals surface area contributed by atoms with Gasteiger partial charge in [-0.25, -0.2) is 9.18 Å². The van der Waals surface area contributed by atoms with Crippen LogP contribution < -0.4 is 38.4 Å². The maximum absolute atomic E-state index is 16.0. The number of aliphatic carboxylic acids is 2. The van der Waals surface area contributed by atoms with Crippen LogP contribution in [-0.2, 0) is 32.8 Å². The maximum atomic E-state index is 16.0. The predicted molar refractivity (Wildman–Crippen MR) is 161 cm³/mol. The molecule has 0 atom stereocenters. The van der Waals surface area contributed by atoms with Crippen LogP contribution in [0.3, 0.4) is 0 Å². The van der Waals surface area contributed by atoms with Crippen molar-refractivity contribution in [1.82, 2.24) is 4.57 Å². The molecule has 19 heteroatoms. The monoisotopic (exact) mass is 698 g/mol. The van der Waals surface area contributed by atoms with Crippen LogP contribution in [0.1, 0.15) is 11.4 Å². The molecule has 14 nitrogen and oxygen atoms in total. The highest BCUT2D eigenvalue weighted by atomic mass is 32.2. The minimum atomic E-state index is -4.30. The molecule has 0 spiro atoms. The quantitative estimate of drug-likeness (QED) is 0.160. The lowest BCUT2D eigenvalue weighted by molar-refractivity contribution is -0.655. The Morgan fingerprint density at radius 1 is 1.11 bits per heavy atom. The van der Waals surface area contributed by atoms with Gasteiger partial charge in [0.25, 0.3) is 25.5 Å². The number of thiophene rings is 1. The van der Waals surface area contributed by atoms with Crippen molar-refractivity contribution in [3.63, 3.8) is 0 Å². The van der Waals surface area contributed by atoms with Gasteiger partial charge < -0.3 is 29.3 Å². The largest absolute Gasteiger partial charge is 0.480 e. The topological polar surface area (TPSA) is 186 Å². The lowest BCUT2D eigenvalue weighted by atomic mass is 10.2. The van der Waals surface area contributed by atoms with Gasteiger partial charge in [0.15, 0.2) is 23.1 Å². The van der Waals surface area contributed by atoms with Gasteiger partial charge in [0.1, 0.15) is 15.9 Å². The standard InChI is InChI=1S/C26H20FN3O11S4/c27-13(25-28(3-1-5-45(36,37)38)14-7-16-17(40-12-39-16)8-15(14)41-25)6-19-24(35)29(10-22(31)32)20(44-19)9-21-30(11-23(33)34)26-18(43-21)2-4-42-26/h2,4,6-9H,1,3,5,10-12H2,(H2-,31,32,33,34,36,37,38)/p+1. The van der Waals surface area contributed by atoms with E-state index < -0.39 is 45.7 Å². The van der Waals surface area contributed by atoms with E-state index in [1.165, 1.54) is 50.3 Å². The molecule has 3 N–H and O–H groups in total. The molecule has 0 radical (unpaired) electrons. The number of anilines is 1. The zero-order valence-electron chi connectivity index (χ0n) is 22.7. The number of hydrogen-bond donors (Lipinski definition) is 3. The van der Waals surface area contributed by atoms with E-state index in [0.29, 0.717) is 27.0 Å². The fourth-order valence-corrected chi connectivity index (χ4v) is 8.51. The Bertz CT molecular complexity index is 2200. The van der Waals surface area contributed by atoms with Gasteiger partial charge in [-0.15, -0.1) is 11.3 Å². The summed E-state index contributed by atoms with van der Waals surface area (Å²) in [5.41, 5.74) is -0.473. The van der Waals surface area contributed by atoms with Crippen molar-refractivity contribution in [1.29, 1.82) is 0 Å². The molecule has 3 aromatic heterocycles. The van der Waals surface area contributed by atoms with Crippen LogP contribution in [0.25, 0.3) is 21.7 Å². The Labute approximate surface area is 263 Å². The average molecular weight is 699 g/mol. The second-order valence-electron chi connectivity index (χ2n) is 9.61. The number of carboxylic acids is 2. The van der Waals surface area contributed by atoms with Gasteiger partial charge in [0.05, 0.1) is 22.0 Å². The second kappa shape index (κ2) is 11.9. The third kappa shape index (κ3) is 6.29. The molecule has 6 rings (SSSR count). The summed E-state index contributed by atoms with van der Waals surface area (Å²) in [7, 11) is -4.30. The number of fused-ring (bicyclic) bond motifs is 3. The van der Waals surface area contributed by atoms with Crippen molar-refractivity contribution in [3.05, 3.63) is 59.8 Å². The number of allylic oxidation sites excluding steroid dienone is 1. The van der Waals surface area contributed by atoms with Crippen LogP contribution in [0.5, 0.6) is 17.2 Å². The van der Waals surface area contributed by atoms with E-state index in [0.717, 1.165) is 26.7 Å². The third-order valence-corrected chi connectivity index (χ3v) is 10.6. The highest BCUT2D eigenvalue weighted by Crippen LogP contribution is 2.48. The van der Waals surface area contributed by atoms with Gasteiger partial charge in [-0.1, -0.05) is 22.7 Å². The van der Waals surface area contributed by atoms with E-state index in [4.69, 9.17) is 14.2 Å². The van der Waals surface area contributed by atoms with Crippen molar-refractivity contribution in [2.24, 2.45) is 0 Å². The molecule has 0 bridgehead atoms. The summed E-state index contributed by atoms with van der Waals surface area (Å²) in [6.07, 6.45) is 2.27. The molecular formula is C26H21FN3O11S4+. The molecule has 2 aliphatic heterocycles. The first-order valence-corrected chi connectivity index (χ1v) is 17.0. The summed E-state index contributed by atoms with van der Waals surface area (Å²) in [4.78, 5) is 38.6. The van der Waals surface area contributed by atoms with Gasteiger partial charge in [-0.3, -0.25) is 18.7 Å². The minimum absolute atomic E-state index is 0.0356. The number of aromatic nitrogens is 2. The Morgan fingerprint density at radius 3 is 2.58 bits per heavy atom. The number of carbonyl (C=O) groups is 2. The Morgan fingerprint density at radius 2 is 1.87 bits per heavy atom. The number of halogens is 1. The van der Waals surface area contributed by atoms with Gasteiger partial charge in [0, 0.05) is 24.8 Å². The van der Waals surface area contributed by atoms with Gasteiger partial charge in [0.2, 0.25) is 19.2 Å². The van der Waals surface area contributed by atoms with Crippen molar-refractivity contribution in [2.45, 2.75) is 19.5 Å². The van der Waals surface area contributed by atoms with E-state index in [-0.39, 0.29) is 47.1 Å². The van der Waals surface area contributed by atoms with E-state index in [9.17, 15) is 37.6 Å². The number of hydrogen-bond acceptors (Lipinski definition) is 12. The fourth-order valence-electron chi connectivity index (χ4n) is 4.71. The van der Waals surface area contributed by atoms with Crippen LogP contribution in [0.2, 0.25) is 0 Å². The summed E-state index contributed by atoms with van der Waals surface area (Å²) in [6.45, 7) is -1.24. The highest BCUT2D eigenvalue weighted by Gasteiger charge is 2.33. The summed E-state index contributed by atoms with van der Waals surface area (Å²) in [5, 5.41) is 21.2. The zero-order valence-corrected chi connectivity index (χ0v) is 25.9. The number of rotatable bonds is 10. The van der Waals surface area contributed by atoms with Crippen molar-refractivity contribution >= 4 is 83.4 Å². The number of benzene rings is 1.